The second-order valence-electron chi connectivity index (χ2n) is 7.88. The van der Waals surface area contributed by atoms with E-state index in [1.807, 2.05) is 45.0 Å². The van der Waals surface area contributed by atoms with Crippen LogP contribution in [0.25, 0.3) is 11.1 Å². The highest BCUT2D eigenvalue weighted by Gasteiger charge is 2.32. The Labute approximate surface area is 168 Å². The Bertz CT molecular complexity index is 827. The smallest absolute Gasteiger partial charge is 0.404 e. The third-order valence-corrected chi connectivity index (χ3v) is 4.27. The monoisotopic (exact) mass is 413 g/mol. The summed E-state index contributed by atoms with van der Waals surface area (Å²) < 4.78 is 40.9. The predicted molar refractivity (Wildman–Crippen MR) is 104 cm³/mol. The lowest BCUT2D eigenvalue weighted by Crippen LogP contribution is -2.29. The normalized spacial score (nSPS) is 12.0. The van der Waals surface area contributed by atoms with Crippen LogP contribution in [0, 0.1) is 5.41 Å². The van der Waals surface area contributed by atoms with Crippen molar-refractivity contribution in [1.29, 1.82) is 0 Å². The summed E-state index contributed by atoms with van der Waals surface area (Å²) in [4.78, 5) is 13.9. The van der Waals surface area contributed by atoms with Gasteiger partial charge in [-0.2, -0.15) is 0 Å². The molecule has 0 spiro atoms. The third kappa shape index (κ3) is 6.75. The lowest BCUT2D eigenvalue weighted by Gasteiger charge is -2.23. The molecule has 152 valence electrons. The molecule has 0 saturated heterocycles. The summed E-state index contributed by atoms with van der Waals surface area (Å²) >= 11 is 5.90. The number of hydrogen-bond donors (Lipinski definition) is 0. The van der Waals surface area contributed by atoms with Gasteiger partial charge in [0, 0.05) is 20.0 Å². The second kappa shape index (κ2) is 8.43. The largest absolute Gasteiger partial charge is 0.573 e. The zero-order valence-electron chi connectivity index (χ0n) is 16.2. The highest BCUT2D eigenvalue weighted by atomic mass is 35.5. The fourth-order valence-corrected chi connectivity index (χ4v) is 2.86. The highest BCUT2D eigenvalue weighted by Crippen LogP contribution is 2.34. The maximum absolute atomic E-state index is 12.3. The number of carbonyl (C=O) groups is 1. The van der Waals surface area contributed by atoms with Crippen molar-refractivity contribution in [3.8, 4) is 16.9 Å². The van der Waals surface area contributed by atoms with Crippen molar-refractivity contribution < 1.29 is 22.7 Å². The van der Waals surface area contributed by atoms with Crippen molar-refractivity contribution in [3.05, 3.63) is 53.1 Å². The van der Waals surface area contributed by atoms with Crippen LogP contribution in [0.4, 0.5) is 13.2 Å². The summed E-state index contributed by atoms with van der Waals surface area (Å²) in [5.74, 6) is -0.364. The van der Waals surface area contributed by atoms with E-state index in [1.54, 1.807) is 11.9 Å². The van der Waals surface area contributed by atoms with Gasteiger partial charge >= 0.3 is 6.36 Å². The Morgan fingerprint density at radius 2 is 1.61 bits per heavy atom. The van der Waals surface area contributed by atoms with Gasteiger partial charge in [-0.1, -0.05) is 62.7 Å². The number of benzene rings is 2. The lowest BCUT2D eigenvalue weighted by atomic mass is 9.91. The zero-order valence-corrected chi connectivity index (χ0v) is 17.0. The molecular formula is C21H23ClF3NO2. The van der Waals surface area contributed by atoms with Crippen molar-refractivity contribution >= 4 is 17.5 Å². The van der Waals surface area contributed by atoms with E-state index in [0.29, 0.717) is 18.5 Å². The molecular weight excluding hydrogens is 391 g/mol. The molecule has 2 aromatic rings. The van der Waals surface area contributed by atoms with Crippen molar-refractivity contribution in [3.63, 3.8) is 0 Å². The van der Waals surface area contributed by atoms with Crippen molar-refractivity contribution in [2.45, 2.75) is 40.1 Å². The summed E-state index contributed by atoms with van der Waals surface area (Å²) in [6, 6.07) is 11.6. The first-order valence-corrected chi connectivity index (χ1v) is 9.10. The Morgan fingerprint density at radius 3 is 2.11 bits per heavy atom. The van der Waals surface area contributed by atoms with Crippen LogP contribution in [0.1, 0.15) is 32.8 Å². The first-order chi connectivity index (χ1) is 12.8. The minimum atomic E-state index is -4.79. The lowest BCUT2D eigenvalue weighted by molar-refractivity contribution is -0.274. The molecule has 0 fully saturated rings. The minimum Gasteiger partial charge on any atom is -0.404 e. The summed E-state index contributed by atoms with van der Waals surface area (Å²) in [6.07, 6.45) is -4.32. The first-order valence-electron chi connectivity index (χ1n) is 8.73. The standard InChI is InChI=1S/C21H23ClF3NO2/c1-20(2,3)12-19(27)26(4)13-14-5-7-15(8-6-14)16-9-10-18(17(22)11-16)28-21(23,24)25/h5-11H,12-13H2,1-4H3. The second-order valence-corrected chi connectivity index (χ2v) is 8.28. The maximum Gasteiger partial charge on any atom is 0.573 e. The number of nitrogens with zero attached hydrogens (tertiary/aromatic N) is 1. The number of ether oxygens (including phenoxy) is 1. The van der Waals surface area contributed by atoms with Crippen LogP contribution in [0.5, 0.6) is 5.75 Å². The quantitative estimate of drug-likeness (QED) is 0.575. The average molecular weight is 414 g/mol. The molecule has 1 amide bonds. The first kappa shape index (κ1) is 22.1. The molecule has 0 heterocycles. The Balaban J connectivity index is 2.08. The van der Waals surface area contributed by atoms with Gasteiger partial charge in [-0.05, 0) is 34.2 Å². The van der Waals surface area contributed by atoms with E-state index in [2.05, 4.69) is 4.74 Å². The van der Waals surface area contributed by atoms with Crippen LogP contribution in [0.3, 0.4) is 0 Å². The van der Waals surface area contributed by atoms with Crippen molar-refractivity contribution in [1.82, 2.24) is 4.90 Å². The molecule has 0 bridgehead atoms. The maximum atomic E-state index is 12.3. The highest BCUT2D eigenvalue weighted by molar-refractivity contribution is 6.32. The van der Waals surface area contributed by atoms with E-state index in [4.69, 9.17) is 11.6 Å². The van der Waals surface area contributed by atoms with Crippen LogP contribution in [-0.2, 0) is 11.3 Å². The van der Waals surface area contributed by atoms with Gasteiger partial charge in [-0.15, -0.1) is 13.2 Å². The molecule has 0 aliphatic carbocycles. The summed E-state index contributed by atoms with van der Waals surface area (Å²) in [7, 11) is 1.77. The molecule has 0 unspecified atom stereocenters. The molecule has 0 atom stereocenters. The fourth-order valence-electron chi connectivity index (χ4n) is 2.64. The van der Waals surface area contributed by atoms with Gasteiger partial charge < -0.3 is 9.64 Å². The van der Waals surface area contributed by atoms with Crippen LogP contribution >= 0.6 is 11.6 Å². The Morgan fingerprint density at radius 1 is 1.04 bits per heavy atom. The van der Waals surface area contributed by atoms with E-state index in [1.165, 1.54) is 18.2 Å². The summed E-state index contributed by atoms with van der Waals surface area (Å²) in [5.41, 5.74) is 2.35. The molecule has 0 aliphatic rings. The average Bonchev–Trinajstić information content (AvgIpc) is 2.54. The third-order valence-electron chi connectivity index (χ3n) is 3.97. The summed E-state index contributed by atoms with van der Waals surface area (Å²) in [6.45, 7) is 6.53. The van der Waals surface area contributed by atoms with Crippen molar-refractivity contribution in [2.24, 2.45) is 5.41 Å². The minimum absolute atomic E-state index is 0.0728. The predicted octanol–water partition coefficient (Wildman–Crippen LogP) is 6.30. The van der Waals surface area contributed by atoms with Crippen LogP contribution in [0.15, 0.2) is 42.5 Å². The van der Waals surface area contributed by atoms with Gasteiger partial charge in [0.1, 0.15) is 5.75 Å². The number of hydrogen-bond acceptors (Lipinski definition) is 2. The molecule has 0 N–H and O–H groups in total. The molecule has 7 heteroatoms. The molecule has 0 saturated carbocycles. The molecule has 28 heavy (non-hydrogen) atoms. The number of amides is 1. The van der Waals surface area contributed by atoms with E-state index >= 15 is 0 Å². The van der Waals surface area contributed by atoms with E-state index in [9.17, 15) is 18.0 Å². The van der Waals surface area contributed by atoms with Crippen LogP contribution in [-0.4, -0.2) is 24.2 Å². The number of rotatable bonds is 5. The van der Waals surface area contributed by atoms with Gasteiger partial charge in [-0.3, -0.25) is 4.79 Å². The molecule has 2 rings (SSSR count). The van der Waals surface area contributed by atoms with Gasteiger partial charge in [0.05, 0.1) is 5.02 Å². The SMILES string of the molecule is CN(Cc1ccc(-c2ccc(OC(F)(F)F)c(Cl)c2)cc1)C(=O)CC(C)(C)C. The van der Waals surface area contributed by atoms with Crippen LogP contribution in [0.2, 0.25) is 5.02 Å². The number of carbonyl (C=O) groups excluding carboxylic acids is 1. The number of alkyl halides is 3. The topological polar surface area (TPSA) is 29.5 Å². The Hall–Kier alpha value is -2.21. The molecule has 0 radical (unpaired) electrons. The number of halogens is 4. The van der Waals surface area contributed by atoms with Crippen molar-refractivity contribution in [2.75, 3.05) is 7.05 Å². The van der Waals surface area contributed by atoms with Gasteiger partial charge in [-0.25, -0.2) is 0 Å². The molecule has 0 aromatic heterocycles. The Kier molecular flexibility index (Phi) is 6.65. The summed E-state index contributed by atoms with van der Waals surface area (Å²) in [5, 5.41) is -0.119. The van der Waals surface area contributed by atoms with Gasteiger partial charge in [0.2, 0.25) is 5.91 Å². The van der Waals surface area contributed by atoms with Crippen LogP contribution < -0.4 is 4.74 Å². The van der Waals surface area contributed by atoms with E-state index in [-0.39, 0.29) is 16.3 Å². The fraction of sp³-hybridized carbons (Fsp3) is 0.381. The van der Waals surface area contributed by atoms with Gasteiger partial charge in [0.25, 0.3) is 0 Å². The molecule has 3 nitrogen and oxygen atoms in total. The van der Waals surface area contributed by atoms with Gasteiger partial charge in [0.15, 0.2) is 0 Å². The van der Waals surface area contributed by atoms with E-state index < -0.39 is 12.1 Å². The zero-order chi connectivity index (χ0) is 21.1. The molecule has 0 aliphatic heterocycles. The van der Waals surface area contributed by atoms with E-state index in [0.717, 1.165) is 11.1 Å². The molecule has 2 aromatic carbocycles.